The van der Waals surface area contributed by atoms with Gasteiger partial charge in [0, 0.05) is 10.6 Å². The van der Waals surface area contributed by atoms with Crippen molar-refractivity contribution in [3.05, 3.63) is 137 Å². The third-order valence-electron chi connectivity index (χ3n) is 5.39. The van der Waals surface area contributed by atoms with Crippen LogP contribution in [0.5, 0.6) is 0 Å². The third kappa shape index (κ3) is 4.22. The van der Waals surface area contributed by atoms with Crippen LogP contribution in [0.4, 0.5) is 4.39 Å². The predicted octanol–water partition coefficient (Wildman–Crippen LogP) is 8.45. The van der Waals surface area contributed by atoms with Crippen molar-refractivity contribution < 1.29 is 4.39 Å². The van der Waals surface area contributed by atoms with Crippen molar-refractivity contribution in [2.24, 2.45) is 0 Å². The average Bonchev–Trinajstić information content (AvgIpc) is 3.27. The molecule has 0 spiro atoms. The van der Waals surface area contributed by atoms with Crippen molar-refractivity contribution >= 4 is 22.9 Å². The van der Waals surface area contributed by atoms with Crippen LogP contribution in [-0.4, -0.2) is 4.98 Å². The van der Waals surface area contributed by atoms with E-state index in [-0.39, 0.29) is 11.7 Å². The molecule has 5 rings (SSSR count). The van der Waals surface area contributed by atoms with Gasteiger partial charge in [-0.25, -0.2) is 9.37 Å². The molecule has 0 N–H and O–H groups in total. The summed E-state index contributed by atoms with van der Waals surface area (Å²) in [5.41, 5.74) is 5.27. The van der Waals surface area contributed by atoms with Gasteiger partial charge >= 0.3 is 0 Å². The maximum absolute atomic E-state index is 13.5. The van der Waals surface area contributed by atoms with Crippen LogP contribution in [0.1, 0.15) is 22.7 Å². The van der Waals surface area contributed by atoms with Crippen LogP contribution in [0, 0.1) is 5.82 Å². The molecule has 0 bridgehead atoms. The largest absolute Gasteiger partial charge is 0.239 e. The van der Waals surface area contributed by atoms with Crippen LogP contribution < -0.4 is 0 Å². The first-order valence-corrected chi connectivity index (χ1v) is 11.5. The molecule has 4 aromatic carbocycles. The summed E-state index contributed by atoms with van der Waals surface area (Å²) in [6.07, 6.45) is 0. The Morgan fingerprint density at radius 1 is 0.656 bits per heavy atom. The molecule has 0 amide bonds. The molecular formula is C28H19ClFNS. The zero-order valence-corrected chi connectivity index (χ0v) is 18.7. The summed E-state index contributed by atoms with van der Waals surface area (Å²) in [7, 11) is 0. The van der Waals surface area contributed by atoms with Crippen LogP contribution >= 0.6 is 22.9 Å². The standard InChI is InChI=1S/C28H19ClFNS/c29-23-15-11-20(12-16-23)25(19-7-3-1-4-8-19)26-27(21-9-5-2-6-10-21)32-28(31-26)22-13-17-24(30)18-14-22/h1-18,25H. The molecule has 0 aliphatic carbocycles. The summed E-state index contributed by atoms with van der Waals surface area (Å²) < 4.78 is 13.5. The maximum Gasteiger partial charge on any atom is 0.124 e. The smallest absolute Gasteiger partial charge is 0.124 e. The minimum atomic E-state index is -0.253. The minimum Gasteiger partial charge on any atom is -0.239 e. The van der Waals surface area contributed by atoms with E-state index in [1.54, 1.807) is 23.5 Å². The lowest BCUT2D eigenvalue weighted by atomic mass is 9.87. The van der Waals surface area contributed by atoms with Crippen molar-refractivity contribution in [2.75, 3.05) is 0 Å². The van der Waals surface area contributed by atoms with Crippen LogP contribution in [0.15, 0.2) is 109 Å². The highest BCUT2D eigenvalue weighted by Gasteiger charge is 2.25. The van der Waals surface area contributed by atoms with E-state index in [0.29, 0.717) is 5.02 Å². The Kier molecular flexibility index (Phi) is 5.85. The summed E-state index contributed by atoms with van der Waals surface area (Å²) in [6, 6.07) is 35.2. The van der Waals surface area contributed by atoms with E-state index in [2.05, 4.69) is 36.4 Å². The van der Waals surface area contributed by atoms with E-state index >= 15 is 0 Å². The van der Waals surface area contributed by atoms with Crippen LogP contribution in [0.25, 0.3) is 21.0 Å². The molecule has 0 fully saturated rings. The lowest BCUT2D eigenvalue weighted by Gasteiger charge is -2.18. The van der Waals surface area contributed by atoms with Gasteiger partial charge in [-0.15, -0.1) is 11.3 Å². The number of hydrogen-bond donors (Lipinski definition) is 0. The van der Waals surface area contributed by atoms with Gasteiger partial charge < -0.3 is 0 Å². The van der Waals surface area contributed by atoms with Crippen LogP contribution in [0.3, 0.4) is 0 Å². The normalized spacial score (nSPS) is 11.9. The van der Waals surface area contributed by atoms with Crippen molar-refractivity contribution in [1.82, 2.24) is 4.98 Å². The summed E-state index contributed by atoms with van der Waals surface area (Å²) in [4.78, 5) is 6.23. The predicted molar refractivity (Wildman–Crippen MR) is 132 cm³/mol. The Balaban J connectivity index is 1.74. The molecule has 1 atom stereocenters. The van der Waals surface area contributed by atoms with Gasteiger partial charge in [-0.05, 0) is 53.1 Å². The van der Waals surface area contributed by atoms with E-state index in [0.717, 1.165) is 37.8 Å². The fraction of sp³-hybridized carbons (Fsp3) is 0.0357. The molecule has 0 saturated heterocycles. The van der Waals surface area contributed by atoms with Crippen molar-refractivity contribution in [3.63, 3.8) is 0 Å². The summed E-state index contributed by atoms with van der Waals surface area (Å²) >= 11 is 7.82. The summed E-state index contributed by atoms with van der Waals surface area (Å²) in [5.74, 6) is -0.314. The lowest BCUT2D eigenvalue weighted by molar-refractivity contribution is 0.628. The number of nitrogens with zero attached hydrogens (tertiary/aromatic N) is 1. The highest BCUT2D eigenvalue weighted by molar-refractivity contribution is 7.18. The number of benzene rings is 4. The van der Waals surface area contributed by atoms with E-state index < -0.39 is 0 Å². The minimum absolute atomic E-state index is 0.0610. The molecule has 156 valence electrons. The lowest BCUT2D eigenvalue weighted by Crippen LogP contribution is -2.05. The van der Waals surface area contributed by atoms with E-state index in [4.69, 9.17) is 16.6 Å². The molecule has 5 aromatic rings. The Bertz CT molecular complexity index is 1310. The number of halogens is 2. The molecule has 1 nitrogen and oxygen atoms in total. The second-order valence-corrected chi connectivity index (χ2v) is 8.94. The first kappa shape index (κ1) is 20.6. The highest BCUT2D eigenvalue weighted by Crippen LogP contribution is 2.43. The van der Waals surface area contributed by atoms with Crippen molar-refractivity contribution in [2.45, 2.75) is 5.92 Å². The van der Waals surface area contributed by atoms with Gasteiger partial charge in [0.05, 0.1) is 16.5 Å². The van der Waals surface area contributed by atoms with Gasteiger partial charge in [0.1, 0.15) is 10.8 Å². The van der Waals surface area contributed by atoms with Gasteiger partial charge in [0.25, 0.3) is 0 Å². The van der Waals surface area contributed by atoms with Gasteiger partial charge in [0.15, 0.2) is 0 Å². The molecule has 4 heteroatoms. The van der Waals surface area contributed by atoms with Crippen LogP contribution in [0.2, 0.25) is 5.02 Å². The molecule has 0 aliphatic heterocycles. The quantitative estimate of drug-likeness (QED) is 0.259. The molecule has 0 saturated carbocycles. The first-order valence-electron chi connectivity index (χ1n) is 10.3. The number of thiazole rings is 1. The average molecular weight is 456 g/mol. The second-order valence-electron chi connectivity index (χ2n) is 7.50. The topological polar surface area (TPSA) is 12.9 Å². The fourth-order valence-corrected chi connectivity index (χ4v) is 5.09. The van der Waals surface area contributed by atoms with Crippen molar-refractivity contribution in [1.29, 1.82) is 0 Å². The maximum atomic E-state index is 13.5. The second kappa shape index (κ2) is 9.07. The van der Waals surface area contributed by atoms with Gasteiger partial charge in [-0.3, -0.25) is 0 Å². The molecule has 32 heavy (non-hydrogen) atoms. The molecule has 1 heterocycles. The highest BCUT2D eigenvalue weighted by atomic mass is 35.5. The zero-order chi connectivity index (χ0) is 21.9. The number of rotatable bonds is 5. The SMILES string of the molecule is Fc1ccc(-c2nc(C(c3ccccc3)c3ccc(Cl)cc3)c(-c3ccccc3)s2)cc1. The van der Waals surface area contributed by atoms with E-state index in [1.807, 2.05) is 48.5 Å². The monoisotopic (exact) mass is 455 g/mol. The Labute approximate surface area is 195 Å². The third-order valence-corrected chi connectivity index (χ3v) is 6.81. The van der Waals surface area contributed by atoms with Crippen molar-refractivity contribution in [3.8, 4) is 21.0 Å². The molecule has 1 aromatic heterocycles. The fourth-order valence-electron chi connectivity index (χ4n) is 3.85. The van der Waals surface area contributed by atoms with Gasteiger partial charge in [0.2, 0.25) is 0 Å². The Hall–Kier alpha value is -3.27. The molecule has 0 aliphatic rings. The zero-order valence-electron chi connectivity index (χ0n) is 17.1. The molecule has 1 unspecified atom stereocenters. The molecule has 0 radical (unpaired) electrons. The number of hydrogen-bond acceptors (Lipinski definition) is 2. The Morgan fingerprint density at radius 2 is 1.25 bits per heavy atom. The van der Waals surface area contributed by atoms with E-state index in [9.17, 15) is 4.39 Å². The van der Waals surface area contributed by atoms with Gasteiger partial charge in [-0.2, -0.15) is 0 Å². The van der Waals surface area contributed by atoms with E-state index in [1.165, 1.54) is 12.1 Å². The summed E-state index contributed by atoms with van der Waals surface area (Å²) in [6.45, 7) is 0. The summed E-state index contributed by atoms with van der Waals surface area (Å²) in [5, 5.41) is 1.57. The van der Waals surface area contributed by atoms with Gasteiger partial charge in [-0.1, -0.05) is 84.4 Å². The molecular weight excluding hydrogens is 437 g/mol. The Morgan fingerprint density at radius 3 is 1.91 bits per heavy atom. The van der Waals surface area contributed by atoms with Crippen LogP contribution in [-0.2, 0) is 0 Å². The first-order chi connectivity index (χ1) is 15.7. The number of aromatic nitrogens is 1.